The highest BCUT2D eigenvalue weighted by Gasteiger charge is 2.54. The number of halogens is 1. The van der Waals surface area contributed by atoms with Crippen LogP contribution in [0, 0.1) is 5.41 Å². The Kier molecular flexibility index (Phi) is 10.5. The Balaban J connectivity index is 0.00000423. The van der Waals surface area contributed by atoms with Gasteiger partial charge in [0.1, 0.15) is 12.7 Å². The average molecular weight is 612 g/mol. The summed E-state index contributed by atoms with van der Waals surface area (Å²) in [4.78, 5) is 53.6. The molecule has 2 aliphatic rings. The van der Waals surface area contributed by atoms with Gasteiger partial charge in [0.25, 0.3) is 11.8 Å². The molecule has 43 heavy (non-hydrogen) atoms. The summed E-state index contributed by atoms with van der Waals surface area (Å²) in [5.41, 5.74) is 0.939. The first-order chi connectivity index (χ1) is 20.4. The van der Waals surface area contributed by atoms with Gasteiger partial charge in [-0.15, -0.1) is 12.4 Å². The van der Waals surface area contributed by atoms with E-state index in [2.05, 4.69) is 15.6 Å². The van der Waals surface area contributed by atoms with E-state index >= 15 is 0 Å². The van der Waals surface area contributed by atoms with E-state index in [0.29, 0.717) is 11.1 Å². The summed E-state index contributed by atoms with van der Waals surface area (Å²) < 4.78 is 24.6. The van der Waals surface area contributed by atoms with Gasteiger partial charge in [0, 0.05) is 30.4 Å². The fraction of sp³-hybridized carbons (Fsp3) is 0.310. The van der Waals surface area contributed by atoms with Crippen molar-refractivity contribution in [2.45, 2.75) is 37.4 Å². The Morgan fingerprint density at radius 2 is 1.44 bits per heavy atom. The maximum absolute atomic E-state index is 12.8. The molecule has 2 aromatic carbocycles. The second-order valence-corrected chi connectivity index (χ2v) is 9.53. The molecular weight excluding hydrogens is 582 g/mol. The average Bonchev–Trinajstić information content (AvgIpc) is 3.52. The molecule has 1 saturated heterocycles. The number of aromatic nitrogens is 2. The number of fused-ring (bicyclic) bond motifs is 3. The van der Waals surface area contributed by atoms with E-state index in [4.69, 9.17) is 24.4 Å². The summed E-state index contributed by atoms with van der Waals surface area (Å²) in [7, 11) is 0. The van der Waals surface area contributed by atoms with Crippen molar-refractivity contribution >= 4 is 36.2 Å². The van der Waals surface area contributed by atoms with Crippen LogP contribution in [0.1, 0.15) is 39.8 Å². The van der Waals surface area contributed by atoms with Gasteiger partial charge in [0.15, 0.2) is 23.9 Å². The Morgan fingerprint density at radius 1 is 0.860 bits per heavy atom. The lowest BCUT2D eigenvalue weighted by atomic mass is 10.1. The van der Waals surface area contributed by atoms with E-state index in [1.165, 1.54) is 6.07 Å². The first-order valence-corrected chi connectivity index (χ1v) is 13.4. The molecule has 3 heterocycles. The molecule has 2 amide bonds. The predicted molar refractivity (Wildman–Crippen MR) is 151 cm³/mol. The van der Waals surface area contributed by atoms with Crippen LogP contribution >= 0.6 is 12.4 Å². The van der Waals surface area contributed by atoms with Gasteiger partial charge in [0.05, 0.1) is 12.8 Å². The molecule has 13 nitrogen and oxygen atoms in total. The number of nitrogens with zero attached hydrogens (tertiary/aromatic N) is 2. The number of nitrogens with one attached hydrogen (secondary N) is 3. The van der Waals surface area contributed by atoms with Gasteiger partial charge < -0.3 is 29.6 Å². The van der Waals surface area contributed by atoms with Crippen LogP contribution in [-0.4, -0.2) is 71.3 Å². The van der Waals surface area contributed by atoms with Crippen LogP contribution in [0.15, 0.2) is 72.9 Å². The van der Waals surface area contributed by atoms with E-state index in [1.54, 1.807) is 71.4 Å². The minimum atomic E-state index is -0.964. The molecule has 1 aromatic heterocycles. The summed E-state index contributed by atoms with van der Waals surface area (Å²) in [6, 6.07) is 18.8. The van der Waals surface area contributed by atoms with E-state index < -0.39 is 36.5 Å². The third-order valence-electron chi connectivity index (χ3n) is 6.61. The van der Waals surface area contributed by atoms with Gasteiger partial charge in [-0.2, -0.15) is 4.98 Å². The third kappa shape index (κ3) is 7.76. The summed E-state index contributed by atoms with van der Waals surface area (Å²) in [5.74, 6) is -1.82. The molecule has 0 bridgehead atoms. The van der Waals surface area contributed by atoms with Crippen LogP contribution < -0.4 is 20.9 Å². The van der Waals surface area contributed by atoms with E-state index in [9.17, 15) is 19.2 Å². The molecule has 14 heteroatoms. The molecular formula is C29H30ClN5O8. The second kappa shape index (κ2) is 14.4. The molecule has 4 atom stereocenters. The lowest BCUT2D eigenvalue weighted by molar-refractivity contribution is -0.160. The lowest BCUT2D eigenvalue weighted by Gasteiger charge is -2.22. The number of benzene rings is 2. The highest BCUT2D eigenvalue weighted by Crippen LogP contribution is 2.40. The maximum Gasteiger partial charge on any atom is 0.308 e. The van der Waals surface area contributed by atoms with Crippen LogP contribution in [0.25, 0.3) is 0 Å². The molecule has 1 fully saturated rings. The first-order valence-electron chi connectivity index (χ1n) is 13.4. The summed E-state index contributed by atoms with van der Waals surface area (Å²) in [6.45, 7) is -0.115. The maximum atomic E-state index is 12.8. The fourth-order valence-electron chi connectivity index (χ4n) is 4.55. The van der Waals surface area contributed by atoms with Crippen LogP contribution in [0.3, 0.4) is 0 Å². The number of esters is 2. The Morgan fingerprint density at radius 3 is 2.05 bits per heavy atom. The topological polar surface area (TPSA) is 171 Å². The molecule has 0 saturated carbocycles. The number of carbonyl (C=O) groups excluding carboxylic acids is 4. The quantitative estimate of drug-likeness (QED) is 0.272. The molecule has 0 spiro atoms. The highest BCUT2D eigenvalue weighted by atomic mass is 35.5. The molecule has 226 valence electrons. The number of carbonyl (C=O) groups is 4. The molecule has 0 radical (unpaired) electrons. The SMILES string of the molecule is Cl.N=c1ccn2c(n1)O[C@@H]1[C@H](OC(=O)CCNC(=O)c3ccccc3)[C@@H](COC(=O)CCNC(=O)c3ccccc3)O[C@H]12. The minimum absolute atomic E-state index is 0. The van der Waals surface area contributed by atoms with Crippen molar-refractivity contribution in [2.24, 2.45) is 0 Å². The van der Waals surface area contributed by atoms with Gasteiger partial charge in [-0.3, -0.25) is 29.2 Å². The van der Waals surface area contributed by atoms with Gasteiger partial charge >= 0.3 is 17.9 Å². The van der Waals surface area contributed by atoms with Gasteiger partial charge in [-0.1, -0.05) is 36.4 Å². The molecule has 5 rings (SSSR count). The molecule has 3 N–H and O–H groups in total. The fourth-order valence-corrected chi connectivity index (χ4v) is 4.55. The normalized spacial score (nSPS) is 19.5. The van der Waals surface area contributed by atoms with Crippen molar-refractivity contribution in [3.63, 3.8) is 0 Å². The molecule has 2 aliphatic heterocycles. The number of hydrogen-bond donors (Lipinski definition) is 3. The number of ether oxygens (including phenoxy) is 4. The Labute approximate surface area is 252 Å². The number of hydrogen-bond acceptors (Lipinski definition) is 10. The molecule has 0 unspecified atom stereocenters. The predicted octanol–water partition coefficient (Wildman–Crippen LogP) is 1.54. The Hall–Kier alpha value is -4.75. The second-order valence-electron chi connectivity index (χ2n) is 9.53. The van der Waals surface area contributed by atoms with E-state index in [-0.39, 0.29) is 68.3 Å². The van der Waals surface area contributed by atoms with Crippen LogP contribution in [0.5, 0.6) is 6.01 Å². The summed E-state index contributed by atoms with van der Waals surface area (Å²) in [6.07, 6.45) is -1.95. The van der Waals surface area contributed by atoms with Gasteiger partial charge in [0.2, 0.25) is 0 Å². The summed E-state index contributed by atoms with van der Waals surface area (Å²) >= 11 is 0. The number of amides is 2. The smallest absolute Gasteiger partial charge is 0.308 e. The van der Waals surface area contributed by atoms with Crippen LogP contribution in [-0.2, 0) is 23.8 Å². The molecule has 0 aliphatic carbocycles. The minimum Gasteiger partial charge on any atom is -0.463 e. The number of rotatable bonds is 11. The van der Waals surface area contributed by atoms with Crippen LogP contribution in [0.4, 0.5) is 0 Å². The van der Waals surface area contributed by atoms with Crippen molar-refractivity contribution in [3.05, 3.63) is 89.5 Å². The largest absolute Gasteiger partial charge is 0.463 e. The van der Waals surface area contributed by atoms with Crippen molar-refractivity contribution in [3.8, 4) is 6.01 Å². The van der Waals surface area contributed by atoms with Crippen molar-refractivity contribution < 1.29 is 38.1 Å². The highest BCUT2D eigenvalue weighted by molar-refractivity contribution is 5.94. The van der Waals surface area contributed by atoms with Crippen molar-refractivity contribution in [2.75, 3.05) is 19.7 Å². The van der Waals surface area contributed by atoms with Gasteiger partial charge in [-0.25, -0.2) is 0 Å². The van der Waals surface area contributed by atoms with E-state index in [1.807, 2.05) is 0 Å². The van der Waals surface area contributed by atoms with Crippen molar-refractivity contribution in [1.82, 2.24) is 20.2 Å². The third-order valence-corrected chi connectivity index (χ3v) is 6.61. The zero-order valence-corrected chi connectivity index (χ0v) is 23.7. The van der Waals surface area contributed by atoms with Gasteiger partial charge in [-0.05, 0) is 30.3 Å². The van der Waals surface area contributed by atoms with Crippen molar-refractivity contribution in [1.29, 1.82) is 5.41 Å². The molecule has 3 aromatic rings. The van der Waals surface area contributed by atoms with E-state index in [0.717, 1.165) is 0 Å². The summed E-state index contributed by atoms with van der Waals surface area (Å²) in [5, 5.41) is 13.1. The monoisotopic (exact) mass is 611 g/mol. The lowest BCUT2D eigenvalue weighted by Crippen LogP contribution is -2.41. The Bertz CT molecular complexity index is 1500. The first kappa shape index (κ1) is 31.2. The van der Waals surface area contributed by atoms with Crippen LogP contribution in [0.2, 0.25) is 0 Å². The zero-order chi connectivity index (χ0) is 29.5. The zero-order valence-electron chi connectivity index (χ0n) is 22.8. The standard InChI is InChI=1S/C29H29N5O8.ClH/c30-21-13-16-34-28-25(42-29(34)33-21)24(41-23(36)12-15-32-27(38)19-9-5-2-6-10-19)20(40-28)17-39-22(35)11-14-31-26(37)18-7-3-1-4-8-18;/h1-10,13,16,20,24-25,28,30H,11-12,14-15,17H2,(H,31,37)(H,32,38);1H/t20-,24-,25-,28-;/m1./s1.